The van der Waals surface area contributed by atoms with Crippen molar-refractivity contribution in [2.75, 3.05) is 17.6 Å². The summed E-state index contributed by atoms with van der Waals surface area (Å²) in [4.78, 5) is 0. The maximum atomic E-state index is 5.89. The van der Waals surface area contributed by atoms with E-state index in [1.807, 2.05) is 49.0 Å². The summed E-state index contributed by atoms with van der Waals surface area (Å²) < 4.78 is 7.60. The molecule has 0 bridgehead atoms. The molecule has 1 aromatic heterocycles. The summed E-state index contributed by atoms with van der Waals surface area (Å²) in [6, 6.07) is 7.72. The van der Waals surface area contributed by atoms with Gasteiger partial charge in [-0.15, -0.1) is 0 Å². The Kier molecular flexibility index (Phi) is 4.87. The second-order valence-corrected chi connectivity index (χ2v) is 4.97. The van der Waals surface area contributed by atoms with E-state index in [1.165, 1.54) is 0 Å². The van der Waals surface area contributed by atoms with Crippen molar-refractivity contribution in [3.05, 3.63) is 36.7 Å². The quantitative estimate of drug-likeness (QED) is 0.602. The lowest BCUT2D eigenvalue weighted by atomic mass is 10.2. The first-order valence-corrected chi connectivity index (χ1v) is 6.92. The molecule has 1 aromatic carbocycles. The molecule has 5 nitrogen and oxygen atoms in total. The molecular weight excluding hydrogens is 252 g/mol. The van der Waals surface area contributed by atoms with E-state index in [-0.39, 0.29) is 6.10 Å². The van der Waals surface area contributed by atoms with Crippen molar-refractivity contribution in [1.29, 1.82) is 0 Å². The van der Waals surface area contributed by atoms with Crippen molar-refractivity contribution in [3.63, 3.8) is 0 Å². The van der Waals surface area contributed by atoms with Crippen LogP contribution in [0.5, 0.6) is 5.75 Å². The van der Waals surface area contributed by atoms with Gasteiger partial charge in [-0.05, 0) is 38.5 Å². The summed E-state index contributed by atoms with van der Waals surface area (Å²) in [5.74, 6) is 0.733. The molecular formula is C15H22N4O. The summed E-state index contributed by atoms with van der Waals surface area (Å²) in [6.07, 6.45) is 4.89. The molecule has 1 heterocycles. The number of nitrogens with two attached hydrogens (primary N) is 1. The smallest absolute Gasteiger partial charge is 0.144 e. The van der Waals surface area contributed by atoms with Crippen LogP contribution in [-0.4, -0.2) is 22.4 Å². The Balaban J connectivity index is 1.83. The number of nitrogens with one attached hydrogen (secondary N) is 1. The minimum atomic E-state index is 0.118. The fourth-order valence-corrected chi connectivity index (χ4v) is 1.91. The second-order valence-electron chi connectivity index (χ2n) is 4.97. The SMILES string of the molecule is CC(C)Oc1cc(NCCCn2cccn2)ccc1N. The Bertz CT molecular complexity index is 523. The zero-order valence-electron chi connectivity index (χ0n) is 12.0. The summed E-state index contributed by atoms with van der Waals surface area (Å²) in [5.41, 5.74) is 7.58. The molecule has 3 N–H and O–H groups in total. The number of nitrogens with zero attached hydrogens (tertiary/aromatic N) is 2. The van der Waals surface area contributed by atoms with Gasteiger partial charge >= 0.3 is 0 Å². The number of benzene rings is 1. The molecule has 0 fully saturated rings. The van der Waals surface area contributed by atoms with E-state index in [2.05, 4.69) is 10.4 Å². The summed E-state index contributed by atoms with van der Waals surface area (Å²) in [5, 5.41) is 7.54. The van der Waals surface area contributed by atoms with Gasteiger partial charge in [0.15, 0.2) is 0 Å². The largest absolute Gasteiger partial charge is 0.489 e. The molecule has 0 unspecified atom stereocenters. The van der Waals surface area contributed by atoms with E-state index in [0.29, 0.717) is 5.69 Å². The Hall–Kier alpha value is -2.17. The number of ether oxygens (including phenoxy) is 1. The third-order valence-electron chi connectivity index (χ3n) is 2.83. The van der Waals surface area contributed by atoms with E-state index in [9.17, 15) is 0 Å². The highest BCUT2D eigenvalue weighted by Crippen LogP contribution is 2.26. The monoisotopic (exact) mass is 274 g/mol. The van der Waals surface area contributed by atoms with Crippen molar-refractivity contribution < 1.29 is 4.74 Å². The first-order chi connectivity index (χ1) is 9.65. The van der Waals surface area contributed by atoms with Crippen molar-refractivity contribution in [2.45, 2.75) is 32.9 Å². The molecule has 20 heavy (non-hydrogen) atoms. The van der Waals surface area contributed by atoms with Gasteiger partial charge in [0.1, 0.15) is 5.75 Å². The van der Waals surface area contributed by atoms with Crippen LogP contribution < -0.4 is 15.8 Å². The number of aromatic nitrogens is 2. The lowest BCUT2D eigenvalue weighted by Gasteiger charge is -2.14. The molecule has 0 amide bonds. The minimum Gasteiger partial charge on any atom is -0.489 e. The van der Waals surface area contributed by atoms with Crippen LogP contribution in [0.3, 0.4) is 0 Å². The third kappa shape index (κ3) is 4.19. The van der Waals surface area contributed by atoms with Gasteiger partial charge in [0.25, 0.3) is 0 Å². The Morgan fingerprint density at radius 3 is 2.95 bits per heavy atom. The molecule has 0 saturated heterocycles. The third-order valence-corrected chi connectivity index (χ3v) is 2.83. The van der Waals surface area contributed by atoms with Crippen LogP contribution in [0.15, 0.2) is 36.7 Å². The molecule has 0 saturated carbocycles. The fraction of sp³-hybridized carbons (Fsp3) is 0.400. The number of hydrogen-bond acceptors (Lipinski definition) is 4. The number of hydrogen-bond donors (Lipinski definition) is 2. The molecule has 0 radical (unpaired) electrons. The van der Waals surface area contributed by atoms with Gasteiger partial charge in [-0.25, -0.2) is 0 Å². The van der Waals surface area contributed by atoms with Crippen LogP contribution in [0.4, 0.5) is 11.4 Å². The molecule has 2 rings (SSSR count). The average Bonchev–Trinajstić information content (AvgIpc) is 2.91. The van der Waals surface area contributed by atoms with Crippen LogP contribution >= 0.6 is 0 Å². The molecule has 2 aromatic rings. The zero-order chi connectivity index (χ0) is 14.4. The maximum Gasteiger partial charge on any atom is 0.144 e. The van der Waals surface area contributed by atoms with E-state index >= 15 is 0 Å². The van der Waals surface area contributed by atoms with Gasteiger partial charge in [-0.3, -0.25) is 4.68 Å². The van der Waals surface area contributed by atoms with Crippen LogP contribution in [0.25, 0.3) is 0 Å². The van der Waals surface area contributed by atoms with Crippen LogP contribution in [0.2, 0.25) is 0 Å². The minimum absolute atomic E-state index is 0.118. The lowest BCUT2D eigenvalue weighted by Crippen LogP contribution is -2.09. The lowest BCUT2D eigenvalue weighted by molar-refractivity contribution is 0.244. The molecule has 5 heteroatoms. The van der Waals surface area contributed by atoms with Gasteiger partial charge < -0.3 is 15.8 Å². The molecule has 0 atom stereocenters. The van der Waals surface area contributed by atoms with Crippen LogP contribution in [-0.2, 0) is 6.54 Å². The summed E-state index contributed by atoms with van der Waals surface area (Å²) in [7, 11) is 0. The molecule has 0 aliphatic carbocycles. The van der Waals surface area contributed by atoms with Crippen molar-refractivity contribution in [1.82, 2.24) is 9.78 Å². The Labute approximate surface area is 119 Å². The number of aryl methyl sites for hydroxylation is 1. The maximum absolute atomic E-state index is 5.89. The fourth-order valence-electron chi connectivity index (χ4n) is 1.91. The molecule has 0 aliphatic heterocycles. The van der Waals surface area contributed by atoms with Gasteiger partial charge in [0, 0.05) is 37.2 Å². The first kappa shape index (κ1) is 14.2. The first-order valence-electron chi connectivity index (χ1n) is 6.92. The highest BCUT2D eigenvalue weighted by Gasteiger charge is 2.04. The standard InChI is InChI=1S/C15H22N4O/c1-12(2)20-15-11-13(5-6-14(15)16)17-7-3-9-19-10-4-8-18-19/h4-6,8,10-12,17H,3,7,9,16H2,1-2H3. The van der Waals surface area contributed by atoms with Crippen LogP contribution in [0.1, 0.15) is 20.3 Å². The number of anilines is 2. The molecule has 0 spiro atoms. The average molecular weight is 274 g/mol. The van der Waals surface area contributed by atoms with Crippen molar-refractivity contribution in [3.8, 4) is 5.75 Å². The van der Waals surface area contributed by atoms with Gasteiger partial charge in [-0.1, -0.05) is 0 Å². The predicted octanol–water partition coefficient (Wildman–Crippen LogP) is 2.75. The topological polar surface area (TPSA) is 65.1 Å². The van der Waals surface area contributed by atoms with Gasteiger partial charge in [0.2, 0.25) is 0 Å². The van der Waals surface area contributed by atoms with E-state index < -0.39 is 0 Å². The predicted molar refractivity (Wildman–Crippen MR) is 82.0 cm³/mol. The molecule has 108 valence electrons. The molecule has 0 aliphatic rings. The van der Waals surface area contributed by atoms with E-state index in [1.54, 1.807) is 6.20 Å². The number of rotatable bonds is 7. The van der Waals surface area contributed by atoms with E-state index in [0.717, 1.165) is 30.9 Å². The van der Waals surface area contributed by atoms with Crippen molar-refractivity contribution in [2.24, 2.45) is 0 Å². The van der Waals surface area contributed by atoms with Crippen LogP contribution in [0, 0.1) is 0 Å². The normalized spacial score (nSPS) is 10.8. The summed E-state index contributed by atoms with van der Waals surface area (Å²) >= 11 is 0. The highest BCUT2D eigenvalue weighted by molar-refractivity contribution is 5.61. The Morgan fingerprint density at radius 2 is 2.25 bits per heavy atom. The summed E-state index contributed by atoms with van der Waals surface area (Å²) in [6.45, 7) is 5.77. The highest BCUT2D eigenvalue weighted by atomic mass is 16.5. The van der Waals surface area contributed by atoms with Gasteiger partial charge in [0.05, 0.1) is 11.8 Å². The Morgan fingerprint density at radius 1 is 1.40 bits per heavy atom. The van der Waals surface area contributed by atoms with Gasteiger partial charge in [-0.2, -0.15) is 5.10 Å². The zero-order valence-corrected chi connectivity index (χ0v) is 12.0. The van der Waals surface area contributed by atoms with E-state index in [4.69, 9.17) is 10.5 Å². The van der Waals surface area contributed by atoms with Crippen molar-refractivity contribution >= 4 is 11.4 Å². The second kappa shape index (κ2) is 6.84. The number of nitrogen functional groups attached to an aromatic ring is 1.